The molecule has 0 spiro atoms. The number of ether oxygens (including phenoxy) is 3. The molecule has 0 fully saturated rings. The maximum atomic E-state index is 12.4. The molecule has 0 bridgehead atoms. The van der Waals surface area contributed by atoms with Crippen LogP contribution < -0.4 is 9.47 Å². The van der Waals surface area contributed by atoms with Gasteiger partial charge in [-0.05, 0) is 29.5 Å². The van der Waals surface area contributed by atoms with E-state index in [4.69, 9.17) is 30.3 Å². The average molecular weight is 423 g/mol. The van der Waals surface area contributed by atoms with E-state index in [9.17, 15) is 4.79 Å². The van der Waals surface area contributed by atoms with Crippen LogP contribution in [0.25, 0.3) is 11.5 Å². The largest absolute Gasteiger partial charge is 0.493 e. The van der Waals surface area contributed by atoms with Crippen molar-refractivity contribution in [1.82, 2.24) is 10.1 Å². The lowest BCUT2D eigenvalue weighted by molar-refractivity contribution is 0.0459. The number of esters is 1. The van der Waals surface area contributed by atoms with E-state index in [1.165, 1.54) is 30.6 Å². The van der Waals surface area contributed by atoms with Gasteiger partial charge in [0.25, 0.3) is 5.89 Å². The van der Waals surface area contributed by atoms with Gasteiger partial charge >= 0.3 is 5.97 Å². The van der Waals surface area contributed by atoms with Crippen molar-refractivity contribution in [1.29, 1.82) is 0 Å². The van der Waals surface area contributed by atoms with Gasteiger partial charge in [-0.15, -0.1) is 0 Å². The minimum Gasteiger partial charge on any atom is -0.493 e. The zero-order chi connectivity index (χ0) is 20.1. The Labute approximate surface area is 171 Å². The van der Waals surface area contributed by atoms with Gasteiger partial charge in [0.05, 0.1) is 29.9 Å². The van der Waals surface area contributed by atoms with Gasteiger partial charge in [0, 0.05) is 5.38 Å². The molecule has 9 heteroatoms. The molecule has 1 aromatic carbocycles. The molecule has 148 valence electrons. The molecule has 3 aromatic rings. The number of aromatic nitrogens is 2. The second-order valence-electron chi connectivity index (χ2n) is 6.30. The summed E-state index contributed by atoms with van der Waals surface area (Å²) >= 11 is 7.79. The summed E-state index contributed by atoms with van der Waals surface area (Å²) in [5.74, 6) is 1.14. The molecule has 2 heterocycles. The van der Waals surface area contributed by atoms with Crippen LogP contribution >= 0.6 is 22.9 Å². The predicted octanol–water partition coefficient (Wildman–Crippen LogP) is 4.85. The molecule has 0 radical (unpaired) electrons. The Morgan fingerprint density at radius 3 is 2.86 bits per heavy atom. The number of halogens is 1. The predicted molar refractivity (Wildman–Crippen MR) is 105 cm³/mol. The standard InChI is InChI=1S/C19H19ClN2O5S/c1-11(2)8-25-17-14(20)6-13(7-15(17)24-3)19(23)26-9-16-21-18(27-22-16)12-4-5-28-10-12/h4-7,10-11H,8-9H2,1-3H3. The van der Waals surface area contributed by atoms with Crippen molar-refractivity contribution in [2.45, 2.75) is 20.5 Å². The van der Waals surface area contributed by atoms with E-state index < -0.39 is 5.97 Å². The number of carbonyl (C=O) groups is 1. The molecule has 0 N–H and O–H groups in total. The molecule has 7 nitrogen and oxygen atoms in total. The number of nitrogens with zero attached hydrogens (tertiary/aromatic N) is 2. The molecule has 0 unspecified atom stereocenters. The Bertz CT molecular complexity index is 940. The zero-order valence-corrected chi connectivity index (χ0v) is 17.2. The van der Waals surface area contributed by atoms with Crippen molar-refractivity contribution in [3.63, 3.8) is 0 Å². The lowest BCUT2D eigenvalue weighted by Gasteiger charge is -2.15. The van der Waals surface area contributed by atoms with Crippen LogP contribution in [0.4, 0.5) is 0 Å². The first kappa shape index (κ1) is 20.2. The number of benzene rings is 1. The molecule has 0 amide bonds. The molecule has 0 atom stereocenters. The van der Waals surface area contributed by atoms with Crippen LogP contribution in [0.15, 0.2) is 33.5 Å². The van der Waals surface area contributed by atoms with E-state index in [-0.39, 0.29) is 23.0 Å². The summed E-state index contributed by atoms with van der Waals surface area (Å²) in [4.78, 5) is 16.6. The topological polar surface area (TPSA) is 83.7 Å². The van der Waals surface area contributed by atoms with Gasteiger partial charge in [-0.2, -0.15) is 16.3 Å². The van der Waals surface area contributed by atoms with E-state index in [2.05, 4.69) is 10.1 Å². The highest BCUT2D eigenvalue weighted by Gasteiger charge is 2.18. The normalized spacial score (nSPS) is 10.9. The Morgan fingerprint density at radius 1 is 1.36 bits per heavy atom. The summed E-state index contributed by atoms with van der Waals surface area (Å²) < 4.78 is 21.4. The van der Waals surface area contributed by atoms with Gasteiger partial charge in [0.1, 0.15) is 0 Å². The molecule has 0 aliphatic heterocycles. The zero-order valence-electron chi connectivity index (χ0n) is 15.6. The van der Waals surface area contributed by atoms with Gasteiger partial charge in [-0.25, -0.2) is 4.79 Å². The van der Waals surface area contributed by atoms with Crippen molar-refractivity contribution in [2.24, 2.45) is 5.92 Å². The average Bonchev–Trinajstić information content (AvgIpc) is 3.35. The minimum atomic E-state index is -0.586. The third-order valence-electron chi connectivity index (χ3n) is 3.59. The van der Waals surface area contributed by atoms with Crippen LogP contribution in [-0.4, -0.2) is 29.8 Å². The van der Waals surface area contributed by atoms with Gasteiger partial charge < -0.3 is 18.7 Å². The maximum Gasteiger partial charge on any atom is 0.338 e. The molecular weight excluding hydrogens is 404 g/mol. The first-order valence-corrected chi connectivity index (χ1v) is 9.82. The number of carbonyl (C=O) groups excluding carboxylic acids is 1. The Kier molecular flexibility index (Phi) is 6.53. The number of hydrogen-bond donors (Lipinski definition) is 0. The lowest BCUT2D eigenvalue weighted by atomic mass is 10.2. The van der Waals surface area contributed by atoms with Gasteiger partial charge in [0.2, 0.25) is 5.82 Å². The fourth-order valence-electron chi connectivity index (χ4n) is 2.26. The molecule has 28 heavy (non-hydrogen) atoms. The Hall–Kier alpha value is -2.58. The Morgan fingerprint density at radius 2 is 2.18 bits per heavy atom. The van der Waals surface area contributed by atoms with E-state index >= 15 is 0 Å². The fourth-order valence-corrected chi connectivity index (χ4v) is 3.15. The third-order valence-corrected chi connectivity index (χ3v) is 4.56. The number of thiophene rings is 1. The summed E-state index contributed by atoms with van der Waals surface area (Å²) in [6.45, 7) is 4.39. The van der Waals surface area contributed by atoms with Crippen molar-refractivity contribution < 1.29 is 23.5 Å². The van der Waals surface area contributed by atoms with Crippen molar-refractivity contribution in [2.75, 3.05) is 13.7 Å². The highest BCUT2D eigenvalue weighted by molar-refractivity contribution is 7.08. The molecule has 0 aliphatic carbocycles. The van der Waals surface area contributed by atoms with Crippen LogP contribution in [0.2, 0.25) is 5.02 Å². The van der Waals surface area contributed by atoms with Crippen molar-refractivity contribution in [3.8, 4) is 23.0 Å². The summed E-state index contributed by atoms with van der Waals surface area (Å²) in [7, 11) is 1.48. The van der Waals surface area contributed by atoms with Crippen LogP contribution in [-0.2, 0) is 11.3 Å². The molecule has 0 aliphatic rings. The first-order chi connectivity index (χ1) is 13.5. The van der Waals surface area contributed by atoms with Gasteiger partial charge in [0.15, 0.2) is 18.1 Å². The molecule has 2 aromatic heterocycles. The van der Waals surface area contributed by atoms with E-state index in [1.807, 2.05) is 30.7 Å². The smallest absolute Gasteiger partial charge is 0.338 e. The SMILES string of the molecule is COc1cc(C(=O)OCc2noc(-c3ccsc3)n2)cc(Cl)c1OCC(C)C. The van der Waals surface area contributed by atoms with Gasteiger partial charge in [-0.3, -0.25) is 0 Å². The first-order valence-electron chi connectivity index (χ1n) is 8.50. The van der Waals surface area contributed by atoms with E-state index in [0.29, 0.717) is 29.9 Å². The molecule has 3 rings (SSSR count). The molecule has 0 saturated heterocycles. The lowest BCUT2D eigenvalue weighted by Crippen LogP contribution is -2.09. The summed E-state index contributed by atoms with van der Waals surface area (Å²) in [6.07, 6.45) is 0. The number of rotatable bonds is 8. The molecule has 0 saturated carbocycles. The maximum absolute atomic E-state index is 12.4. The second kappa shape index (κ2) is 9.07. The minimum absolute atomic E-state index is 0.127. The molecular formula is C19H19ClN2O5S. The van der Waals surface area contributed by atoms with Crippen molar-refractivity contribution in [3.05, 3.63) is 45.4 Å². The van der Waals surface area contributed by atoms with Crippen molar-refractivity contribution >= 4 is 28.9 Å². The van der Waals surface area contributed by atoms with Crippen LogP contribution in [0.5, 0.6) is 11.5 Å². The van der Waals surface area contributed by atoms with E-state index in [1.54, 1.807) is 0 Å². The number of methoxy groups -OCH3 is 1. The quantitative estimate of drug-likeness (QED) is 0.479. The second-order valence-corrected chi connectivity index (χ2v) is 7.49. The van der Waals surface area contributed by atoms with Crippen LogP contribution in [0.3, 0.4) is 0 Å². The number of hydrogen-bond acceptors (Lipinski definition) is 8. The Balaban J connectivity index is 1.68. The summed E-state index contributed by atoms with van der Waals surface area (Å²) in [5, 5.41) is 7.88. The fraction of sp³-hybridized carbons (Fsp3) is 0.316. The highest BCUT2D eigenvalue weighted by atomic mass is 35.5. The highest BCUT2D eigenvalue weighted by Crippen LogP contribution is 2.37. The monoisotopic (exact) mass is 422 g/mol. The van der Waals surface area contributed by atoms with Gasteiger partial charge in [-0.1, -0.05) is 30.6 Å². The third kappa shape index (κ3) is 4.82. The van der Waals surface area contributed by atoms with Crippen LogP contribution in [0, 0.1) is 5.92 Å². The summed E-state index contributed by atoms with van der Waals surface area (Å²) in [6, 6.07) is 4.87. The van der Waals surface area contributed by atoms with E-state index in [0.717, 1.165) is 5.56 Å². The summed E-state index contributed by atoms with van der Waals surface area (Å²) in [5.41, 5.74) is 1.06. The van der Waals surface area contributed by atoms with Crippen LogP contribution in [0.1, 0.15) is 30.0 Å².